The largest absolute Gasteiger partial charge is 0.490 e. The van der Waals surface area contributed by atoms with Crippen LogP contribution in [0.3, 0.4) is 0 Å². The summed E-state index contributed by atoms with van der Waals surface area (Å²) in [5.41, 5.74) is 4.14. The lowest BCUT2D eigenvalue weighted by Crippen LogP contribution is -2.46. The van der Waals surface area contributed by atoms with Gasteiger partial charge in [0.05, 0.1) is 5.56 Å². The van der Waals surface area contributed by atoms with E-state index in [2.05, 4.69) is 0 Å². The van der Waals surface area contributed by atoms with Crippen molar-refractivity contribution in [1.82, 2.24) is 4.90 Å². The van der Waals surface area contributed by atoms with Gasteiger partial charge in [-0.25, -0.2) is 0 Å². The predicted molar refractivity (Wildman–Crippen MR) is 70.9 cm³/mol. The number of halogens is 3. The van der Waals surface area contributed by atoms with Gasteiger partial charge in [-0.1, -0.05) is 6.07 Å². The smallest absolute Gasteiger partial charge is 0.416 e. The van der Waals surface area contributed by atoms with Crippen molar-refractivity contribution < 1.29 is 27.5 Å². The number of nitrogens with two attached hydrogens (primary N) is 1. The van der Waals surface area contributed by atoms with Crippen LogP contribution in [0.2, 0.25) is 0 Å². The fourth-order valence-corrected chi connectivity index (χ4v) is 2.27. The Hall–Kier alpha value is -2.25. The highest BCUT2D eigenvalue weighted by atomic mass is 19.4. The van der Waals surface area contributed by atoms with E-state index in [1.54, 1.807) is 0 Å². The molecule has 2 N–H and O–H groups in total. The monoisotopic (exact) mass is 316 g/mol. The second-order valence-corrected chi connectivity index (χ2v) is 5.00. The third-order valence-corrected chi connectivity index (χ3v) is 3.40. The standard InChI is InChI=1S/C14H15F3N2O3/c15-14(16,17)9-2-1-3-11(8-9)22-10-4-6-19(7-5-10)13(21)12(18)20/h1-3,8,10H,4-7H2,(H2,18,20). The second-order valence-electron chi connectivity index (χ2n) is 5.00. The van der Waals surface area contributed by atoms with Gasteiger partial charge in [-0.3, -0.25) is 9.59 Å². The topological polar surface area (TPSA) is 72.6 Å². The molecule has 0 spiro atoms. The van der Waals surface area contributed by atoms with Crippen molar-refractivity contribution in [2.75, 3.05) is 13.1 Å². The summed E-state index contributed by atoms with van der Waals surface area (Å²) in [7, 11) is 0. The third kappa shape index (κ3) is 3.90. The number of rotatable bonds is 2. The van der Waals surface area contributed by atoms with E-state index in [4.69, 9.17) is 10.5 Å². The first kappa shape index (κ1) is 16.1. The number of amides is 2. The van der Waals surface area contributed by atoms with Gasteiger partial charge in [0.25, 0.3) is 0 Å². The molecule has 0 bridgehead atoms. The Morgan fingerprint density at radius 2 is 1.86 bits per heavy atom. The minimum Gasteiger partial charge on any atom is -0.490 e. The fourth-order valence-electron chi connectivity index (χ4n) is 2.27. The number of piperidine rings is 1. The Labute approximate surface area is 124 Å². The van der Waals surface area contributed by atoms with Crippen LogP contribution >= 0.6 is 0 Å². The summed E-state index contributed by atoms with van der Waals surface area (Å²) in [6.07, 6.45) is -3.87. The van der Waals surface area contributed by atoms with Crippen LogP contribution in [0.4, 0.5) is 13.2 Å². The lowest BCUT2D eigenvalue weighted by atomic mass is 10.1. The Morgan fingerprint density at radius 3 is 2.41 bits per heavy atom. The Bertz CT molecular complexity index is 567. The second kappa shape index (κ2) is 6.25. The van der Waals surface area contributed by atoms with Crippen molar-refractivity contribution in [2.45, 2.75) is 25.1 Å². The molecule has 1 aliphatic rings. The van der Waals surface area contributed by atoms with Crippen LogP contribution in [0, 0.1) is 0 Å². The molecule has 2 amide bonds. The predicted octanol–water partition coefficient (Wildman–Crippen LogP) is 1.56. The Balaban J connectivity index is 1.94. The van der Waals surface area contributed by atoms with Crippen LogP contribution in [-0.4, -0.2) is 35.9 Å². The van der Waals surface area contributed by atoms with E-state index < -0.39 is 23.6 Å². The number of primary amides is 1. The molecule has 0 saturated carbocycles. The van der Waals surface area contributed by atoms with Gasteiger partial charge in [0.2, 0.25) is 0 Å². The van der Waals surface area contributed by atoms with Gasteiger partial charge in [0.15, 0.2) is 0 Å². The number of hydrogen-bond acceptors (Lipinski definition) is 3. The summed E-state index contributed by atoms with van der Waals surface area (Å²) in [5, 5.41) is 0. The van der Waals surface area contributed by atoms with Crippen LogP contribution in [0.15, 0.2) is 24.3 Å². The summed E-state index contributed by atoms with van der Waals surface area (Å²) < 4.78 is 43.4. The number of carbonyl (C=O) groups is 2. The molecule has 1 aromatic rings. The minimum absolute atomic E-state index is 0.134. The quantitative estimate of drug-likeness (QED) is 0.842. The molecule has 22 heavy (non-hydrogen) atoms. The number of carbonyl (C=O) groups excluding carboxylic acids is 2. The van der Waals surface area contributed by atoms with Gasteiger partial charge in [-0.05, 0) is 18.2 Å². The van der Waals surface area contributed by atoms with Gasteiger partial charge >= 0.3 is 18.0 Å². The molecule has 0 aromatic heterocycles. The number of alkyl halides is 3. The maximum atomic E-state index is 12.6. The molecule has 1 heterocycles. The first-order valence-corrected chi connectivity index (χ1v) is 6.70. The van der Waals surface area contributed by atoms with E-state index >= 15 is 0 Å². The maximum absolute atomic E-state index is 12.6. The van der Waals surface area contributed by atoms with E-state index in [0.29, 0.717) is 12.8 Å². The maximum Gasteiger partial charge on any atom is 0.416 e. The van der Waals surface area contributed by atoms with Gasteiger partial charge in [0.1, 0.15) is 11.9 Å². The number of benzene rings is 1. The molecule has 8 heteroatoms. The summed E-state index contributed by atoms with van der Waals surface area (Å²) in [6, 6.07) is 4.65. The number of ether oxygens (including phenoxy) is 1. The molecular weight excluding hydrogens is 301 g/mol. The van der Waals surface area contributed by atoms with E-state index in [0.717, 1.165) is 12.1 Å². The third-order valence-electron chi connectivity index (χ3n) is 3.40. The molecule has 1 aliphatic heterocycles. The molecule has 1 aromatic carbocycles. The number of nitrogens with zero attached hydrogens (tertiary/aromatic N) is 1. The van der Waals surface area contributed by atoms with Crippen LogP contribution in [0.5, 0.6) is 5.75 Å². The fraction of sp³-hybridized carbons (Fsp3) is 0.429. The molecule has 0 aliphatic carbocycles. The van der Waals surface area contributed by atoms with E-state index in [1.807, 2.05) is 0 Å². The van der Waals surface area contributed by atoms with E-state index in [-0.39, 0.29) is 24.9 Å². The van der Waals surface area contributed by atoms with Gasteiger partial charge in [-0.15, -0.1) is 0 Å². The van der Waals surface area contributed by atoms with Crippen LogP contribution in [0.25, 0.3) is 0 Å². The molecule has 0 unspecified atom stereocenters. The van der Waals surface area contributed by atoms with E-state index in [9.17, 15) is 22.8 Å². The average molecular weight is 316 g/mol. The van der Waals surface area contributed by atoms with Gasteiger partial charge in [0, 0.05) is 25.9 Å². The van der Waals surface area contributed by atoms with Crippen LogP contribution in [-0.2, 0) is 15.8 Å². The summed E-state index contributed by atoms with van der Waals surface area (Å²) in [4.78, 5) is 23.5. The average Bonchev–Trinajstić information content (AvgIpc) is 2.46. The number of likely N-dealkylation sites (tertiary alicyclic amines) is 1. The molecule has 5 nitrogen and oxygen atoms in total. The molecular formula is C14H15F3N2O3. The highest BCUT2D eigenvalue weighted by Crippen LogP contribution is 2.32. The molecule has 2 rings (SSSR count). The number of hydrogen-bond donors (Lipinski definition) is 1. The van der Waals surface area contributed by atoms with Crippen LogP contribution < -0.4 is 10.5 Å². The van der Waals surface area contributed by atoms with Gasteiger partial charge in [-0.2, -0.15) is 13.2 Å². The Kier molecular flexibility index (Phi) is 4.58. The highest BCUT2D eigenvalue weighted by Gasteiger charge is 2.31. The highest BCUT2D eigenvalue weighted by molar-refractivity contribution is 6.34. The van der Waals surface area contributed by atoms with Crippen molar-refractivity contribution in [3.8, 4) is 5.75 Å². The van der Waals surface area contributed by atoms with Crippen molar-refractivity contribution in [3.05, 3.63) is 29.8 Å². The van der Waals surface area contributed by atoms with E-state index in [1.165, 1.54) is 17.0 Å². The molecule has 120 valence electrons. The van der Waals surface area contributed by atoms with Crippen LogP contribution in [0.1, 0.15) is 18.4 Å². The normalized spacial score (nSPS) is 16.4. The zero-order valence-corrected chi connectivity index (χ0v) is 11.6. The zero-order chi connectivity index (χ0) is 16.3. The van der Waals surface area contributed by atoms with Crippen molar-refractivity contribution in [1.29, 1.82) is 0 Å². The zero-order valence-electron chi connectivity index (χ0n) is 11.6. The molecule has 0 radical (unpaired) electrons. The first-order valence-electron chi connectivity index (χ1n) is 6.70. The molecule has 0 atom stereocenters. The summed E-state index contributed by atoms with van der Waals surface area (Å²) in [6.45, 7) is 0.566. The molecule has 1 saturated heterocycles. The lowest BCUT2D eigenvalue weighted by molar-refractivity contribution is -0.145. The lowest BCUT2D eigenvalue weighted by Gasteiger charge is -2.31. The van der Waals surface area contributed by atoms with Crippen molar-refractivity contribution in [3.63, 3.8) is 0 Å². The summed E-state index contributed by atoms with van der Waals surface area (Å²) >= 11 is 0. The molecule has 1 fully saturated rings. The first-order chi connectivity index (χ1) is 10.3. The summed E-state index contributed by atoms with van der Waals surface area (Å²) in [5.74, 6) is -1.63. The minimum atomic E-state index is -4.42. The van der Waals surface area contributed by atoms with Crippen molar-refractivity contribution in [2.24, 2.45) is 5.73 Å². The van der Waals surface area contributed by atoms with Crippen molar-refractivity contribution >= 4 is 11.8 Å². The van der Waals surface area contributed by atoms with Gasteiger partial charge < -0.3 is 15.4 Å². The SMILES string of the molecule is NC(=O)C(=O)N1CCC(Oc2cccc(C(F)(F)F)c2)CC1. The Morgan fingerprint density at radius 1 is 1.23 bits per heavy atom.